The van der Waals surface area contributed by atoms with Gasteiger partial charge in [-0.25, -0.2) is 8.78 Å². The minimum Gasteiger partial charge on any atom is -0.316 e. The van der Waals surface area contributed by atoms with Crippen molar-refractivity contribution >= 4 is 0 Å². The van der Waals surface area contributed by atoms with Crippen molar-refractivity contribution in [3.63, 3.8) is 0 Å². The fourth-order valence-corrected chi connectivity index (χ4v) is 2.11. The molecule has 82 valence electrons. The summed E-state index contributed by atoms with van der Waals surface area (Å²) in [5.74, 6) is -0.466. The monoisotopic (exact) mass is 211 g/mol. The van der Waals surface area contributed by atoms with Crippen LogP contribution in [0.2, 0.25) is 0 Å². The Kier molecular flexibility index (Phi) is 3.31. The summed E-state index contributed by atoms with van der Waals surface area (Å²) in [6.45, 7) is 1.89. The summed E-state index contributed by atoms with van der Waals surface area (Å²) >= 11 is 0. The molecule has 15 heavy (non-hydrogen) atoms. The van der Waals surface area contributed by atoms with Crippen molar-refractivity contribution in [2.75, 3.05) is 13.1 Å². The molecule has 0 radical (unpaired) electrons. The van der Waals surface area contributed by atoms with E-state index < -0.39 is 11.6 Å². The van der Waals surface area contributed by atoms with E-state index in [1.165, 1.54) is 18.2 Å². The first kappa shape index (κ1) is 10.6. The van der Waals surface area contributed by atoms with Gasteiger partial charge in [0.05, 0.1) is 0 Å². The number of hydrogen-bond acceptors (Lipinski definition) is 1. The molecule has 1 aliphatic heterocycles. The fraction of sp³-hybridized carbons (Fsp3) is 0.500. The highest BCUT2D eigenvalue weighted by Crippen LogP contribution is 2.20. The van der Waals surface area contributed by atoms with Gasteiger partial charge in [-0.05, 0) is 50.4 Å². The van der Waals surface area contributed by atoms with Crippen LogP contribution in [0.3, 0.4) is 0 Å². The van der Waals surface area contributed by atoms with Crippen LogP contribution in [0, 0.1) is 17.6 Å². The van der Waals surface area contributed by atoms with Gasteiger partial charge >= 0.3 is 0 Å². The van der Waals surface area contributed by atoms with Gasteiger partial charge in [-0.15, -0.1) is 0 Å². The van der Waals surface area contributed by atoms with E-state index in [2.05, 4.69) is 5.32 Å². The zero-order valence-corrected chi connectivity index (χ0v) is 8.60. The van der Waals surface area contributed by atoms with Crippen molar-refractivity contribution in [1.29, 1.82) is 0 Å². The van der Waals surface area contributed by atoms with E-state index in [0.29, 0.717) is 12.3 Å². The van der Waals surface area contributed by atoms with Crippen molar-refractivity contribution in [2.24, 2.45) is 5.92 Å². The molecule has 1 aromatic carbocycles. The number of hydrogen-bond donors (Lipinski definition) is 1. The minimum absolute atomic E-state index is 0.242. The van der Waals surface area contributed by atoms with Crippen LogP contribution in [0.25, 0.3) is 0 Å². The molecule has 1 fully saturated rings. The molecule has 1 aliphatic rings. The Balaban J connectivity index is 2.09. The highest BCUT2D eigenvalue weighted by molar-refractivity contribution is 5.20. The Morgan fingerprint density at radius 1 is 1.27 bits per heavy atom. The van der Waals surface area contributed by atoms with Crippen molar-refractivity contribution < 1.29 is 8.78 Å². The Morgan fingerprint density at radius 2 is 2.00 bits per heavy atom. The molecule has 1 unspecified atom stereocenters. The lowest BCUT2D eigenvalue weighted by Gasteiger charge is -2.22. The van der Waals surface area contributed by atoms with Gasteiger partial charge < -0.3 is 5.32 Å². The second kappa shape index (κ2) is 4.71. The number of piperidine rings is 1. The van der Waals surface area contributed by atoms with Gasteiger partial charge in [0.1, 0.15) is 11.6 Å². The average Bonchev–Trinajstić information content (AvgIpc) is 2.25. The van der Waals surface area contributed by atoms with Crippen molar-refractivity contribution in [3.05, 3.63) is 35.4 Å². The Bertz CT molecular complexity index is 312. The largest absolute Gasteiger partial charge is 0.316 e. The molecule has 2 rings (SSSR count). The first-order valence-electron chi connectivity index (χ1n) is 5.41. The first-order valence-corrected chi connectivity index (χ1v) is 5.41. The van der Waals surface area contributed by atoms with Crippen LogP contribution in [-0.4, -0.2) is 13.1 Å². The quantitative estimate of drug-likeness (QED) is 0.792. The van der Waals surface area contributed by atoms with Crippen molar-refractivity contribution in [1.82, 2.24) is 5.32 Å². The summed E-state index contributed by atoms with van der Waals surface area (Å²) < 4.78 is 26.7. The van der Waals surface area contributed by atoms with Gasteiger partial charge in [0.25, 0.3) is 0 Å². The van der Waals surface area contributed by atoms with Crippen LogP contribution in [0.15, 0.2) is 18.2 Å². The average molecular weight is 211 g/mol. The van der Waals surface area contributed by atoms with Gasteiger partial charge in [0.2, 0.25) is 0 Å². The highest BCUT2D eigenvalue weighted by Gasteiger charge is 2.17. The van der Waals surface area contributed by atoms with E-state index >= 15 is 0 Å². The minimum atomic E-state index is -0.416. The number of rotatable bonds is 2. The van der Waals surface area contributed by atoms with Crippen LogP contribution >= 0.6 is 0 Å². The maximum Gasteiger partial charge on any atom is 0.129 e. The summed E-state index contributed by atoms with van der Waals surface area (Å²) in [6.07, 6.45) is 2.66. The van der Waals surface area contributed by atoms with Gasteiger partial charge in [-0.1, -0.05) is 6.07 Å². The predicted molar refractivity (Wildman–Crippen MR) is 55.7 cm³/mol. The maximum absolute atomic E-state index is 13.3. The van der Waals surface area contributed by atoms with Crippen molar-refractivity contribution in [2.45, 2.75) is 19.3 Å². The molecular weight excluding hydrogens is 196 g/mol. The van der Waals surface area contributed by atoms with Crippen LogP contribution in [0.1, 0.15) is 18.4 Å². The summed E-state index contributed by atoms with van der Waals surface area (Å²) in [6, 6.07) is 4.07. The molecular formula is C12H15F2N. The van der Waals surface area contributed by atoms with E-state index in [1.807, 2.05) is 0 Å². The van der Waals surface area contributed by atoms with Crippen LogP contribution in [0.5, 0.6) is 0 Å². The van der Waals surface area contributed by atoms with Gasteiger partial charge in [-0.3, -0.25) is 0 Å². The Labute approximate surface area is 88.5 Å². The third kappa shape index (κ3) is 2.53. The molecule has 0 saturated carbocycles. The third-order valence-corrected chi connectivity index (χ3v) is 2.95. The molecule has 1 saturated heterocycles. The molecule has 1 nitrogen and oxygen atoms in total. The topological polar surface area (TPSA) is 12.0 Å². The first-order chi connectivity index (χ1) is 7.27. The van der Waals surface area contributed by atoms with E-state index in [9.17, 15) is 8.78 Å². The predicted octanol–water partition coefficient (Wildman–Crippen LogP) is 2.51. The second-order valence-electron chi connectivity index (χ2n) is 4.12. The molecule has 1 N–H and O–H groups in total. The molecule has 0 amide bonds. The van der Waals surface area contributed by atoms with Crippen LogP contribution < -0.4 is 5.32 Å². The van der Waals surface area contributed by atoms with Crippen LogP contribution in [-0.2, 0) is 6.42 Å². The normalized spacial score (nSPS) is 21.6. The molecule has 0 spiro atoms. The Hall–Kier alpha value is -0.960. The molecule has 1 heterocycles. The SMILES string of the molecule is Fc1cccc(F)c1CC1CCCNC1. The van der Waals surface area contributed by atoms with Crippen LogP contribution in [0.4, 0.5) is 8.78 Å². The fourth-order valence-electron chi connectivity index (χ4n) is 2.11. The molecule has 1 atom stereocenters. The van der Waals surface area contributed by atoms with E-state index in [4.69, 9.17) is 0 Å². The van der Waals surface area contributed by atoms with Crippen molar-refractivity contribution in [3.8, 4) is 0 Å². The summed E-state index contributed by atoms with van der Waals surface area (Å²) in [5, 5.41) is 3.25. The third-order valence-electron chi connectivity index (χ3n) is 2.95. The number of benzene rings is 1. The lowest BCUT2D eigenvalue weighted by atomic mass is 9.92. The Morgan fingerprint density at radius 3 is 2.60 bits per heavy atom. The summed E-state index contributed by atoms with van der Waals surface area (Å²) in [7, 11) is 0. The smallest absolute Gasteiger partial charge is 0.129 e. The molecule has 3 heteroatoms. The lowest BCUT2D eigenvalue weighted by molar-refractivity contribution is 0.366. The van der Waals surface area contributed by atoms with E-state index in [0.717, 1.165) is 25.9 Å². The highest BCUT2D eigenvalue weighted by atomic mass is 19.1. The summed E-state index contributed by atoms with van der Waals surface area (Å²) in [4.78, 5) is 0. The van der Waals surface area contributed by atoms with E-state index in [-0.39, 0.29) is 5.56 Å². The standard InChI is InChI=1S/C12H15F2N/c13-11-4-1-5-12(14)10(11)7-9-3-2-6-15-8-9/h1,4-5,9,15H,2-3,6-8H2. The van der Waals surface area contributed by atoms with E-state index in [1.54, 1.807) is 0 Å². The zero-order chi connectivity index (χ0) is 10.7. The second-order valence-corrected chi connectivity index (χ2v) is 4.12. The maximum atomic E-state index is 13.3. The van der Waals surface area contributed by atoms with Gasteiger partial charge in [0, 0.05) is 5.56 Å². The summed E-state index contributed by atoms with van der Waals surface area (Å²) in [5.41, 5.74) is 0.242. The lowest BCUT2D eigenvalue weighted by Crippen LogP contribution is -2.31. The molecule has 0 aromatic heterocycles. The zero-order valence-electron chi connectivity index (χ0n) is 8.60. The number of halogens is 2. The molecule has 0 bridgehead atoms. The van der Waals surface area contributed by atoms with Gasteiger partial charge in [0.15, 0.2) is 0 Å². The number of nitrogens with one attached hydrogen (secondary N) is 1. The van der Waals surface area contributed by atoms with Gasteiger partial charge in [-0.2, -0.15) is 0 Å². The molecule has 1 aromatic rings. The molecule has 0 aliphatic carbocycles.